The van der Waals surface area contributed by atoms with Crippen molar-refractivity contribution < 1.29 is 14.3 Å². The highest BCUT2D eigenvalue weighted by Crippen LogP contribution is 2.24. The van der Waals surface area contributed by atoms with Gasteiger partial charge in [0.25, 0.3) is 0 Å². The number of ether oxygens (including phenoxy) is 1. The Morgan fingerprint density at radius 2 is 2.16 bits per heavy atom. The standard InChI is InChI=1S/C16H24N6O3/c1-4-21(9-16-20-19-11(3)25-16)12-7-22(8-13(12)23)14-6-15(24-5-2)18-10-17-14/h6,10,12-13,23H,4-5,7-9H2,1-3H3/t12-,13-/m1/s1. The minimum absolute atomic E-state index is 0.0392. The number of aliphatic hydroxyl groups is 1. The number of β-amino-alcohol motifs (C(OH)–C–C–N with tert-alkyl or cyclic N) is 1. The molecule has 0 radical (unpaired) electrons. The van der Waals surface area contributed by atoms with E-state index in [9.17, 15) is 5.11 Å². The van der Waals surface area contributed by atoms with E-state index in [-0.39, 0.29) is 6.04 Å². The quantitative estimate of drug-likeness (QED) is 0.772. The highest BCUT2D eigenvalue weighted by atomic mass is 16.5. The maximum absolute atomic E-state index is 10.6. The molecule has 0 bridgehead atoms. The monoisotopic (exact) mass is 348 g/mol. The molecule has 2 aromatic heterocycles. The molecule has 136 valence electrons. The lowest BCUT2D eigenvalue weighted by atomic mass is 10.2. The van der Waals surface area contributed by atoms with Gasteiger partial charge in [-0.2, -0.15) is 0 Å². The van der Waals surface area contributed by atoms with Crippen LogP contribution in [0, 0.1) is 6.92 Å². The van der Waals surface area contributed by atoms with Crippen LogP contribution in [-0.4, -0.2) is 68.6 Å². The molecule has 1 aliphatic rings. The topological polar surface area (TPSA) is 101 Å². The Morgan fingerprint density at radius 1 is 1.32 bits per heavy atom. The summed E-state index contributed by atoms with van der Waals surface area (Å²) in [6.07, 6.45) is 0.994. The molecule has 2 atom stereocenters. The van der Waals surface area contributed by atoms with Crippen molar-refractivity contribution in [3.63, 3.8) is 0 Å². The molecule has 25 heavy (non-hydrogen) atoms. The van der Waals surface area contributed by atoms with Gasteiger partial charge in [0.15, 0.2) is 0 Å². The summed E-state index contributed by atoms with van der Waals surface area (Å²) in [5.74, 6) is 2.40. The third-order valence-corrected chi connectivity index (χ3v) is 4.28. The van der Waals surface area contributed by atoms with Crippen LogP contribution >= 0.6 is 0 Å². The zero-order chi connectivity index (χ0) is 17.8. The number of hydrogen-bond acceptors (Lipinski definition) is 9. The van der Waals surface area contributed by atoms with Crippen LogP contribution in [0.4, 0.5) is 5.82 Å². The fourth-order valence-corrected chi connectivity index (χ4v) is 3.08. The summed E-state index contributed by atoms with van der Waals surface area (Å²) in [7, 11) is 0. The van der Waals surface area contributed by atoms with E-state index in [2.05, 4.69) is 32.0 Å². The van der Waals surface area contributed by atoms with Crippen LogP contribution in [0.3, 0.4) is 0 Å². The number of likely N-dealkylation sites (N-methyl/N-ethyl adjacent to an activating group) is 1. The van der Waals surface area contributed by atoms with Gasteiger partial charge < -0.3 is 19.2 Å². The Labute approximate surface area is 146 Å². The van der Waals surface area contributed by atoms with Crippen molar-refractivity contribution >= 4 is 5.82 Å². The first kappa shape index (κ1) is 17.6. The predicted molar refractivity (Wildman–Crippen MR) is 90.3 cm³/mol. The maximum atomic E-state index is 10.6. The summed E-state index contributed by atoms with van der Waals surface area (Å²) in [6, 6.07) is 1.76. The molecule has 9 nitrogen and oxygen atoms in total. The van der Waals surface area contributed by atoms with E-state index in [4.69, 9.17) is 9.15 Å². The Morgan fingerprint density at radius 3 is 2.84 bits per heavy atom. The molecule has 0 spiro atoms. The van der Waals surface area contributed by atoms with Crippen molar-refractivity contribution in [2.75, 3.05) is 31.1 Å². The molecule has 3 heterocycles. The number of aliphatic hydroxyl groups excluding tert-OH is 1. The van der Waals surface area contributed by atoms with Gasteiger partial charge in [0.05, 0.1) is 25.3 Å². The van der Waals surface area contributed by atoms with E-state index in [1.807, 2.05) is 11.8 Å². The van der Waals surface area contributed by atoms with E-state index >= 15 is 0 Å². The minimum Gasteiger partial charge on any atom is -0.478 e. The molecule has 0 unspecified atom stereocenters. The number of hydrogen-bond donors (Lipinski definition) is 1. The molecular weight excluding hydrogens is 324 g/mol. The second kappa shape index (κ2) is 7.75. The fraction of sp³-hybridized carbons (Fsp3) is 0.625. The van der Waals surface area contributed by atoms with E-state index in [1.165, 1.54) is 6.33 Å². The Bertz CT molecular complexity index is 694. The first-order valence-electron chi connectivity index (χ1n) is 8.51. The van der Waals surface area contributed by atoms with Gasteiger partial charge in [0, 0.05) is 26.1 Å². The van der Waals surface area contributed by atoms with Crippen LogP contribution in [0.2, 0.25) is 0 Å². The van der Waals surface area contributed by atoms with E-state index in [0.717, 1.165) is 12.4 Å². The summed E-state index contributed by atoms with van der Waals surface area (Å²) in [5, 5.41) is 18.5. The predicted octanol–water partition coefficient (Wildman–Crippen LogP) is 0.638. The Hall–Kier alpha value is -2.26. The van der Waals surface area contributed by atoms with E-state index in [0.29, 0.717) is 43.9 Å². The van der Waals surface area contributed by atoms with Crippen LogP contribution in [0.5, 0.6) is 5.88 Å². The molecule has 9 heteroatoms. The molecule has 1 saturated heterocycles. The Kier molecular flexibility index (Phi) is 5.44. The average Bonchev–Trinajstić information content (AvgIpc) is 3.19. The fourth-order valence-electron chi connectivity index (χ4n) is 3.08. The second-order valence-corrected chi connectivity index (χ2v) is 5.97. The van der Waals surface area contributed by atoms with E-state index < -0.39 is 6.10 Å². The van der Waals surface area contributed by atoms with E-state index in [1.54, 1.807) is 13.0 Å². The third-order valence-electron chi connectivity index (χ3n) is 4.28. The van der Waals surface area contributed by atoms with Crippen molar-refractivity contribution in [2.45, 2.75) is 39.5 Å². The molecule has 2 aromatic rings. The normalized spacial score (nSPS) is 20.4. The lowest BCUT2D eigenvalue weighted by Gasteiger charge is -2.28. The second-order valence-electron chi connectivity index (χ2n) is 5.97. The summed E-state index contributed by atoms with van der Waals surface area (Å²) in [5.41, 5.74) is 0. The van der Waals surface area contributed by atoms with Crippen molar-refractivity contribution in [2.24, 2.45) is 0 Å². The third kappa shape index (κ3) is 4.05. The number of rotatable bonds is 7. The van der Waals surface area contributed by atoms with Gasteiger partial charge in [-0.1, -0.05) is 6.92 Å². The molecule has 1 N–H and O–H groups in total. The number of aromatic nitrogens is 4. The average molecular weight is 348 g/mol. The highest BCUT2D eigenvalue weighted by molar-refractivity contribution is 5.43. The lowest BCUT2D eigenvalue weighted by molar-refractivity contribution is 0.0761. The first-order chi connectivity index (χ1) is 12.1. The molecule has 1 fully saturated rings. The van der Waals surface area contributed by atoms with Gasteiger partial charge in [-0.3, -0.25) is 4.90 Å². The molecule has 3 rings (SSSR count). The SMILES string of the molecule is CCOc1cc(N2C[C@@H](O)[C@H](N(CC)Cc3nnc(C)o3)C2)ncn1. The van der Waals surface area contributed by atoms with Crippen molar-refractivity contribution in [3.05, 3.63) is 24.2 Å². The summed E-state index contributed by atoms with van der Waals surface area (Å²) in [4.78, 5) is 12.6. The van der Waals surface area contributed by atoms with Crippen LogP contribution < -0.4 is 9.64 Å². The van der Waals surface area contributed by atoms with Gasteiger partial charge in [0.1, 0.15) is 12.1 Å². The summed E-state index contributed by atoms with van der Waals surface area (Å²) in [6.45, 7) is 8.73. The summed E-state index contributed by atoms with van der Waals surface area (Å²) < 4.78 is 10.9. The van der Waals surface area contributed by atoms with Crippen LogP contribution in [0.15, 0.2) is 16.8 Å². The van der Waals surface area contributed by atoms with Crippen molar-refractivity contribution in [1.29, 1.82) is 0 Å². The smallest absolute Gasteiger partial charge is 0.230 e. The van der Waals surface area contributed by atoms with Gasteiger partial charge >= 0.3 is 0 Å². The zero-order valence-electron chi connectivity index (χ0n) is 14.8. The minimum atomic E-state index is -0.491. The van der Waals surface area contributed by atoms with Crippen molar-refractivity contribution in [1.82, 2.24) is 25.1 Å². The number of nitrogens with zero attached hydrogens (tertiary/aromatic N) is 6. The molecule has 0 saturated carbocycles. The van der Waals surface area contributed by atoms with Gasteiger partial charge in [-0.05, 0) is 13.5 Å². The van der Waals surface area contributed by atoms with Gasteiger partial charge in [-0.15, -0.1) is 10.2 Å². The lowest BCUT2D eigenvalue weighted by Crippen LogP contribution is -2.42. The summed E-state index contributed by atoms with van der Waals surface area (Å²) >= 11 is 0. The van der Waals surface area contributed by atoms with Crippen molar-refractivity contribution in [3.8, 4) is 5.88 Å². The zero-order valence-corrected chi connectivity index (χ0v) is 14.8. The molecule has 1 aliphatic heterocycles. The maximum Gasteiger partial charge on any atom is 0.230 e. The first-order valence-corrected chi connectivity index (χ1v) is 8.51. The van der Waals surface area contributed by atoms with Crippen LogP contribution in [0.25, 0.3) is 0 Å². The van der Waals surface area contributed by atoms with Crippen LogP contribution in [0.1, 0.15) is 25.6 Å². The number of anilines is 1. The molecule has 0 aliphatic carbocycles. The highest BCUT2D eigenvalue weighted by Gasteiger charge is 2.36. The molecule has 0 amide bonds. The van der Waals surface area contributed by atoms with Gasteiger partial charge in [-0.25, -0.2) is 9.97 Å². The Balaban J connectivity index is 1.70. The number of aryl methyl sites for hydroxylation is 1. The largest absolute Gasteiger partial charge is 0.478 e. The van der Waals surface area contributed by atoms with Crippen LogP contribution in [-0.2, 0) is 6.54 Å². The van der Waals surface area contributed by atoms with Gasteiger partial charge in [0.2, 0.25) is 17.7 Å². The molecular formula is C16H24N6O3. The molecule has 0 aromatic carbocycles.